The lowest BCUT2D eigenvalue weighted by molar-refractivity contribution is -0.142. The molecule has 1 saturated heterocycles. The summed E-state index contributed by atoms with van der Waals surface area (Å²) in [4.78, 5) is 34.1. The maximum absolute atomic E-state index is 13.3. The van der Waals surface area contributed by atoms with Crippen LogP contribution in [0.15, 0.2) is 29.8 Å². The van der Waals surface area contributed by atoms with Gasteiger partial charge < -0.3 is 9.80 Å². The fraction of sp³-hybridized carbons (Fsp3) is 0.476. The Morgan fingerprint density at radius 3 is 2.93 bits per heavy atom. The normalized spacial score (nSPS) is 17.0. The van der Waals surface area contributed by atoms with Gasteiger partial charge in [0.05, 0.1) is 17.1 Å². The van der Waals surface area contributed by atoms with Gasteiger partial charge in [0, 0.05) is 44.4 Å². The highest BCUT2D eigenvalue weighted by Gasteiger charge is 2.31. The van der Waals surface area contributed by atoms with E-state index >= 15 is 0 Å². The molecule has 0 N–H and O–H groups in total. The Morgan fingerprint density at radius 1 is 1.39 bits per heavy atom. The minimum Gasteiger partial charge on any atom is -0.345 e. The van der Waals surface area contributed by atoms with Crippen molar-refractivity contribution in [2.45, 2.75) is 32.6 Å². The molecule has 150 valence electrons. The van der Waals surface area contributed by atoms with E-state index in [1.54, 1.807) is 27.2 Å². The van der Waals surface area contributed by atoms with Gasteiger partial charge in [-0.25, -0.2) is 9.37 Å². The van der Waals surface area contributed by atoms with Gasteiger partial charge in [0.15, 0.2) is 0 Å². The average molecular weight is 404 g/mol. The number of nitrogens with zero attached hydrogens (tertiary/aromatic N) is 3. The van der Waals surface area contributed by atoms with E-state index in [1.807, 2.05) is 25.5 Å². The minimum absolute atomic E-state index is 0.0726. The van der Waals surface area contributed by atoms with Crippen molar-refractivity contribution in [3.63, 3.8) is 0 Å². The Balaban J connectivity index is 1.52. The summed E-state index contributed by atoms with van der Waals surface area (Å²) in [7, 11) is 1.83. The second kappa shape index (κ2) is 9.28. The summed E-state index contributed by atoms with van der Waals surface area (Å²) in [5.41, 5.74) is 3.71. The highest BCUT2D eigenvalue weighted by molar-refractivity contribution is 7.09. The van der Waals surface area contributed by atoms with Crippen LogP contribution in [0.2, 0.25) is 0 Å². The minimum atomic E-state index is -0.270. The number of likely N-dealkylation sites (N-methyl/N-ethyl adjacent to an activating group) is 1. The first-order valence-electron chi connectivity index (χ1n) is 9.60. The van der Waals surface area contributed by atoms with Gasteiger partial charge in [0.2, 0.25) is 11.8 Å². The SMILES string of the molecule is Cc1ncsc1CCN(C)C(=O)C1CCC(=O)N(CCc2cccc(F)c2)C1. The third-order valence-electron chi connectivity index (χ3n) is 5.30. The van der Waals surface area contributed by atoms with E-state index in [9.17, 15) is 14.0 Å². The van der Waals surface area contributed by atoms with E-state index < -0.39 is 0 Å². The summed E-state index contributed by atoms with van der Waals surface area (Å²) in [6.45, 7) is 3.58. The molecular weight excluding hydrogens is 377 g/mol. The zero-order valence-electron chi connectivity index (χ0n) is 16.4. The Bertz CT molecular complexity index is 839. The summed E-state index contributed by atoms with van der Waals surface area (Å²) in [6, 6.07) is 6.43. The number of carbonyl (C=O) groups is 2. The maximum Gasteiger partial charge on any atom is 0.227 e. The molecule has 0 aliphatic carbocycles. The van der Waals surface area contributed by atoms with Crippen molar-refractivity contribution in [3.8, 4) is 0 Å². The molecule has 1 aromatic heterocycles. The third-order valence-corrected chi connectivity index (χ3v) is 6.30. The summed E-state index contributed by atoms with van der Waals surface area (Å²) >= 11 is 1.62. The first-order valence-corrected chi connectivity index (χ1v) is 10.5. The predicted molar refractivity (Wildman–Crippen MR) is 108 cm³/mol. The molecule has 1 aliphatic heterocycles. The second-order valence-corrected chi connectivity index (χ2v) is 8.27. The van der Waals surface area contributed by atoms with Crippen molar-refractivity contribution in [2.75, 3.05) is 26.7 Å². The number of aromatic nitrogens is 1. The predicted octanol–water partition coefficient (Wildman–Crippen LogP) is 3.07. The quantitative estimate of drug-likeness (QED) is 0.714. The zero-order chi connectivity index (χ0) is 20.1. The fourth-order valence-corrected chi connectivity index (χ4v) is 4.32. The van der Waals surface area contributed by atoms with Crippen LogP contribution >= 0.6 is 11.3 Å². The van der Waals surface area contributed by atoms with Gasteiger partial charge in [-0.05, 0) is 37.5 Å². The van der Waals surface area contributed by atoms with Crippen molar-refractivity contribution < 1.29 is 14.0 Å². The molecule has 2 aromatic rings. The molecule has 1 aliphatic rings. The Morgan fingerprint density at radius 2 is 2.21 bits per heavy atom. The van der Waals surface area contributed by atoms with E-state index in [2.05, 4.69) is 4.98 Å². The van der Waals surface area contributed by atoms with Crippen molar-refractivity contribution in [3.05, 3.63) is 51.7 Å². The van der Waals surface area contributed by atoms with Crippen molar-refractivity contribution >= 4 is 23.2 Å². The first kappa shape index (κ1) is 20.5. The molecule has 1 unspecified atom stereocenters. The van der Waals surface area contributed by atoms with Crippen LogP contribution in [0.25, 0.3) is 0 Å². The largest absolute Gasteiger partial charge is 0.345 e. The molecule has 3 rings (SSSR count). The molecule has 7 heteroatoms. The molecular formula is C21H26FN3O2S. The number of thiazole rings is 1. The fourth-order valence-electron chi connectivity index (χ4n) is 3.55. The Hall–Kier alpha value is -2.28. The summed E-state index contributed by atoms with van der Waals surface area (Å²) in [6.07, 6.45) is 2.37. The number of aryl methyl sites for hydroxylation is 1. The van der Waals surface area contributed by atoms with Crippen molar-refractivity contribution in [1.29, 1.82) is 0 Å². The molecule has 2 heterocycles. The Kier molecular flexibility index (Phi) is 6.78. The molecule has 0 radical (unpaired) electrons. The number of hydrogen-bond donors (Lipinski definition) is 0. The topological polar surface area (TPSA) is 53.5 Å². The summed E-state index contributed by atoms with van der Waals surface area (Å²) < 4.78 is 13.3. The number of likely N-dealkylation sites (tertiary alicyclic amines) is 1. The van der Waals surface area contributed by atoms with Crippen LogP contribution in [0, 0.1) is 18.7 Å². The first-order chi connectivity index (χ1) is 13.4. The van der Waals surface area contributed by atoms with E-state index in [0.29, 0.717) is 38.9 Å². The van der Waals surface area contributed by atoms with Crippen molar-refractivity contribution in [1.82, 2.24) is 14.8 Å². The third kappa shape index (κ3) is 5.16. The number of amides is 2. The lowest BCUT2D eigenvalue weighted by atomic mass is 9.95. The van der Waals surface area contributed by atoms with Gasteiger partial charge in [0.1, 0.15) is 5.82 Å². The van der Waals surface area contributed by atoms with Crippen molar-refractivity contribution in [2.24, 2.45) is 5.92 Å². The van der Waals surface area contributed by atoms with Crippen LogP contribution in [0.5, 0.6) is 0 Å². The molecule has 2 amide bonds. The molecule has 28 heavy (non-hydrogen) atoms. The summed E-state index contributed by atoms with van der Waals surface area (Å²) in [5, 5.41) is 0. The van der Waals surface area contributed by atoms with E-state index in [0.717, 1.165) is 17.7 Å². The number of halogens is 1. The van der Waals surface area contributed by atoms with Gasteiger partial charge in [-0.15, -0.1) is 11.3 Å². The van der Waals surface area contributed by atoms with Crippen LogP contribution in [0.1, 0.15) is 29.0 Å². The second-order valence-electron chi connectivity index (χ2n) is 7.33. The van der Waals surface area contributed by atoms with E-state index in [-0.39, 0.29) is 23.5 Å². The zero-order valence-corrected chi connectivity index (χ0v) is 17.2. The highest BCUT2D eigenvalue weighted by atomic mass is 32.1. The van der Waals surface area contributed by atoms with Crippen LogP contribution in [-0.4, -0.2) is 53.3 Å². The number of rotatable bonds is 7. The average Bonchev–Trinajstić information content (AvgIpc) is 3.10. The molecule has 0 bridgehead atoms. The van der Waals surface area contributed by atoms with Crippen LogP contribution < -0.4 is 0 Å². The number of benzene rings is 1. The monoisotopic (exact) mass is 403 g/mol. The standard InChI is InChI=1S/C21H26FN3O2S/c1-15-19(28-14-23-15)9-10-24(2)21(27)17-6-7-20(26)25(13-17)11-8-16-4-3-5-18(22)12-16/h3-5,12,14,17H,6-11,13H2,1-2H3. The van der Waals surface area contributed by atoms with E-state index in [4.69, 9.17) is 0 Å². The van der Waals surface area contributed by atoms with Gasteiger partial charge in [-0.3, -0.25) is 9.59 Å². The molecule has 1 fully saturated rings. The van der Waals surface area contributed by atoms with Gasteiger partial charge in [-0.2, -0.15) is 0 Å². The summed E-state index contributed by atoms with van der Waals surface area (Å²) in [5.74, 6) is -0.278. The van der Waals surface area contributed by atoms with E-state index in [1.165, 1.54) is 17.0 Å². The molecule has 0 spiro atoms. The van der Waals surface area contributed by atoms with Gasteiger partial charge >= 0.3 is 0 Å². The molecule has 1 aromatic carbocycles. The molecule has 0 saturated carbocycles. The lowest BCUT2D eigenvalue weighted by Crippen LogP contribution is -2.47. The number of hydrogen-bond acceptors (Lipinski definition) is 4. The molecule has 5 nitrogen and oxygen atoms in total. The van der Waals surface area contributed by atoms with Gasteiger partial charge in [0.25, 0.3) is 0 Å². The van der Waals surface area contributed by atoms with Crippen LogP contribution in [-0.2, 0) is 22.4 Å². The molecule has 1 atom stereocenters. The highest BCUT2D eigenvalue weighted by Crippen LogP contribution is 2.21. The van der Waals surface area contributed by atoms with Crippen LogP contribution in [0.3, 0.4) is 0 Å². The maximum atomic E-state index is 13.3. The Labute approximate surface area is 169 Å². The number of carbonyl (C=O) groups excluding carboxylic acids is 2. The smallest absolute Gasteiger partial charge is 0.227 e. The number of piperidine rings is 1. The lowest BCUT2D eigenvalue weighted by Gasteiger charge is -2.34. The van der Waals surface area contributed by atoms with Crippen LogP contribution in [0.4, 0.5) is 4.39 Å². The van der Waals surface area contributed by atoms with Gasteiger partial charge in [-0.1, -0.05) is 12.1 Å².